The molecule has 1 N–H and O–H groups in total. The summed E-state index contributed by atoms with van der Waals surface area (Å²) >= 11 is 0. The lowest BCUT2D eigenvalue weighted by molar-refractivity contribution is -0.124. The summed E-state index contributed by atoms with van der Waals surface area (Å²) in [4.78, 5) is 24.3. The van der Waals surface area contributed by atoms with Crippen LogP contribution in [0, 0.1) is 0 Å². The smallest absolute Gasteiger partial charge is 0.338 e. The minimum atomic E-state index is -3.57. The van der Waals surface area contributed by atoms with Crippen molar-refractivity contribution in [1.82, 2.24) is 9.62 Å². The first-order valence-corrected chi connectivity index (χ1v) is 10.7. The first kappa shape index (κ1) is 22.6. The molecule has 0 aliphatic heterocycles. The van der Waals surface area contributed by atoms with Crippen molar-refractivity contribution < 1.29 is 22.7 Å². The number of nitrogens with zero attached hydrogens (tertiary/aromatic N) is 1. The average molecular weight is 419 g/mol. The van der Waals surface area contributed by atoms with Gasteiger partial charge < -0.3 is 10.1 Å². The highest BCUT2D eigenvalue weighted by atomic mass is 32.2. The zero-order valence-corrected chi connectivity index (χ0v) is 17.8. The maximum absolute atomic E-state index is 12.1. The van der Waals surface area contributed by atoms with Gasteiger partial charge in [0.15, 0.2) is 6.61 Å². The standard InChI is InChI=1S/C21H26N2O5S/c1-5-16-6-8-17(9-7-16)15(2)22-20(24)14-28-21(25)18-10-12-19(13-11-18)29(26,27)23(3)4/h6-13,15H,5,14H2,1-4H3,(H,22,24)/t15-/m1/s1. The zero-order valence-electron chi connectivity index (χ0n) is 17.0. The Hall–Kier alpha value is -2.71. The number of hydrogen-bond acceptors (Lipinski definition) is 5. The monoisotopic (exact) mass is 418 g/mol. The van der Waals surface area contributed by atoms with Crippen molar-refractivity contribution in [2.24, 2.45) is 0 Å². The van der Waals surface area contributed by atoms with Gasteiger partial charge in [-0.3, -0.25) is 4.79 Å². The number of amides is 1. The average Bonchev–Trinajstić information content (AvgIpc) is 2.72. The largest absolute Gasteiger partial charge is 0.452 e. The van der Waals surface area contributed by atoms with Crippen LogP contribution < -0.4 is 5.32 Å². The van der Waals surface area contributed by atoms with Gasteiger partial charge in [-0.25, -0.2) is 17.5 Å². The van der Waals surface area contributed by atoms with Crippen LogP contribution in [0.3, 0.4) is 0 Å². The number of ether oxygens (including phenoxy) is 1. The van der Waals surface area contributed by atoms with Gasteiger partial charge in [-0.05, 0) is 48.7 Å². The van der Waals surface area contributed by atoms with Gasteiger partial charge in [-0.2, -0.15) is 0 Å². The molecule has 8 heteroatoms. The minimum absolute atomic E-state index is 0.0692. The molecule has 2 aromatic carbocycles. The molecule has 0 fully saturated rings. The fourth-order valence-electron chi connectivity index (χ4n) is 2.60. The second kappa shape index (κ2) is 9.67. The summed E-state index contributed by atoms with van der Waals surface area (Å²) in [5.41, 5.74) is 2.34. The lowest BCUT2D eigenvalue weighted by Crippen LogP contribution is -2.31. The summed E-state index contributed by atoms with van der Waals surface area (Å²) in [5, 5.41) is 2.78. The number of aryl methyl sites for hydroxylation is 1. The Morgan fingerprint density at radius 1 is 1.03 bits per heavy atom. The first-order valence-electron chi connectivity index (χ1n) is 9.23. The predicted octanol–water partition coefficient (Wildman–Crippen LogP) is 2.53. The highest BCUT2D eigenvalue weighted by Gasteiger charge is 2.18. The summed E-state index contributed by atoms with van der Waals surface area (Å²) in [6, 6.07) is 13.1. The second-order valence-corrected chi connectivity index (χ2v) is 8.92. The normalized spacial score (nSPS) is 12.4. The van der Waals surface area contributed by atoms with Gasteiger partial charge in [0, 0.05) is 14.1 Å². The maximum atomic E-state index is 12.1. The van der Waals surface area contributed by atoms with Gasteiger partial charge in [0.05, 0.1) is 16.5 Å². The lowest BCUT2D eigenvalue weighted by atomic mass is 10.1. The number of sulfonamides is 1. The number of nitrogens with one attached hydrogen (secondary N) is 1. The van der Waals surface area contributed by atoms with Gasteiger partial charge >= 0.3 is 5.97 Å². The predicted molar refractivity (Wildman–Crippen MR) is 110 cm³/mol. The van der Waals surface area contributed by atoms with E-state index in [1.54, 1.807) is 0 Å². The molecule has 2 rings (SSSR count). The van der Waals surface area contributed by atoms with E-state index in [1.807, 2.05) is 31.2 Å². The van der Waals surface area contributed by atoms with Crippen molar-refractivity contribution in [2.45, 2.75) is 31.2 Å². The molecule has 0 bridgehead atoms. The van der Waals surface area contributed by atoms with E-state index >= 15 is 0 Å². The third-order valence-corrected chi connectivity index (χ3v) is 6.30. The molecule has 0 unspecified atom stereocenters. The van der Waals surface area contributed by atoms with E-state index in [0.717, 1.165) is 16.3 Å². The molecule has 0 spiro atoms. The number of esters is 1. The van der Waals surface area contributed by atoms with Crippen LogP contribution in [0.5, 0.6) is 0 Å². The van der Waals surface area contributed by atoms with Crippen LogP contribution in [0.2, 0.25) is 0 Å². The molecule has 0 heterocycles. The van der Waals surface area contributed by atoms with Gasteiger partial charge in [-0.15, -0.1) is 0 Å². The number of carbonyl (C=O) groups is 2. The fourth-order valence-corrected chi connectivity index (χ4v) is 3.50. The molecule has 1 atom stereocenters. The molecular formula is C21H26N2O5S. The first-order chi connectivity index (χ1) is 13.6. The molecule has 7 nitrogen and oxygen atoms in total. The van der Waals surface area contributed by atoms with Crippen LogP contribution in [-0.2, 0) is 26.0 Å². The molecule has 0 aromatic heterocycles. The molecule has 0 aliphatic rings. The molecule has 0 aliphatic carbocycles. The zero-order chi connectivity index (χ0) is 21.6. The Balaban J connectivity index is 1.90. The van der Waals surface area contributed by atoms with Crippen LogP contribution in [0.4, 0.5) is 0 Å². The third kappa shape index (κ3) is 5.88. The van der Waals surface area contributed by atoms with Gasteiger partial charge in [0.25, 0.3) is 5.91 Å². The summed E-state index contributed by atoms with van der Waals surface area (Å²) in [6.45, 7) is 3.50. The van der Waals surface area contributed by atoms with Crippen LogP contribution in [0.1, 0.15) is 41.4 Å². The van der Waals surface area contributed by atoms with Crippen LogP contribution in [0.25, 0.3) is 0 Å². The molecule has 0 saturated carbocycles. The second-order valence-electron chi connectivity index (χ2n) is 6.77. The summed E-state index contributed by atoms with van der Waals surface area (Å²) in [5.74, 6) is -1.12. The quantitative estimate of drug-likeness (QED) is 0.665. The Morgan fingerprint density at radius 2 is 1.62 bits per heavy atom. The third-order valence-electron chi connectivity index (χ3n) is 4.47. The van der Waals surface area contributed by atoms with Crippen molar-refractivity contribution in [3.05, 3.63) is 65.2 Å². The van der Waals surface area contributed by atoms with Crippen molar-refractivity contribution in [3.8, 4) is 0 Å². The minimum Gasteiger partial charge on any atom is -0.452 e. The van der Waals surface area contributed by atoms with Gasteiger partial charge in [0.1, 0.15) is 0 Å². The van der Waals surface area contributed by atoms with E-state index in [2.05, 4.69) is 12.2 Å². The maximum Gasteiger partial charge on any atom is 0.338 e. The molecule has 0 saturated heterocycles. The molecule has 156 valence electrons. The van der Waals surface area contributed by atoms with Gasteiger partial charge in [-0.1, -0.05) is 31.2 Å². The molecule has 0 radical (unpaired) electrons. The Kier molecular flexibility index (Phi) is 7.53. The summed E-state index contributed by atoms with van der Waals surface area (Å²) < 4.78 is 30.2. The molecular weight excluding hydrogens is 392 g/mol. The molecule has 2 aromatic rings. The van der Waals surface area contributed by atoms with Crippen LogP contribution >= 0.6 is 0 Å². The number of hydrogen-bond donors (Lipinski definition) is 1. The van der Waals surface area contributed by atoms with E-state index in [1.165, 1.54) is 43.9 Å². The highest BCUT2D eigenvalue weighted by molar-refractivity contribution is 7.89. The molecule has 1 amide bonds. The number of carbonyl (C=O) groups excluding carboxylic acids is 2. The Morgan fingerprint density at radius 3 is 2.14 bits per heavy atom. The van der Waals surface area contributed by atoms with Crippen LogP contribution in [0.15, 0.2) is 53.4 Å². The van der Waals surface area contributed by atoms with Crippen molar-refractivity contribution >= 4 is 21.9 Å². The van der Waals surface area contributed by atoms with Crippen molar-refractivity contribution in [2.75, 3.05) is 20.7 Å². The van der Waals surface area contributed by atoms with Crippen molar-refractivity contribution in [1.29, 1.82) is 0 Å². The van der Waals surface area contributed by atoms with E-state index < -0.39 is 28.5 Å². The number of rotatable bonds is 8. The van der Waals surface area contributed by atoms with E-state index in [9.17, 15) is 18.0 Å². The lowest BCUT2D eigenvalue weighted by Gasteiger charge is -2.15. The Labute approximate surface area is 171 Å². The van der Waals surface area contributed by atoms with E-state index in [0.29, 0.717) is 0 Å². The summed E-state index contributed by atoms with van der Waals surface area (Å²) in [7, 11) is -0.721. The fraction of sp³-hybridized carbons (Fsp3) is 0.333. The van der Waals surface area contributed by atoms with Crippen LogP contribution in [-0.4, -0.2) is 45.3 Å². The Bertz CT molecular complexity index is 952. The van der Waals surface area contributed by atoms with Gasteiger partial charge in [0.2, 0.25) is 10.0 Å². The van der Waals surface area contributed by atoms with E-state index in [-0.39, 0.29) is 16.5 Å². The van der Waals surface area contributed by atoms with E-state index in [4.69, 9.17) is 4.74 Å². The van der Waals surface area contributed by atoms with Crippen molar-refractivity contribution in [3.63, 3.8) is 0 Å². The summed E-state index contributed by atoms with van der Waals surface area (Å²) in [6.07, 6.45) is 0.943. The topological polar surface area (TPSA) is 92.8 Å². The highest BCUT2D eigenvalue weighted by Crippen LogP contribution is 2.15. The SMILES string of the molecule is CCc1ccc([C@@H](C)NC(=O)COC(=O)c2ccc(S(=O)(=O)N(C)C)cc2)cc1. The number of benzene rings is 2. The molecule has 29 heavy (non-hydrogen) atoms.